The Morgan fingerprint density at radius 1 is 1.21 bits per heavy atom. The Morgan fingerprint density at radius 2 is 2.00 bits per heavy atom. The fraction of sp³-hybridized carbons (Fsp3) is 0.0952. The van der Waals surface area contributed by atoms with Gasteiger partial charge in [0, 0.05) is 17.5 Å². The second-order valence-corrected chi connectivity index (χ2v) is 8.17. The maximum atomic E-state index is 12.8. The number of rotatable bonds is 5. The highest BCUT2D eigenvalue weighted by Crippen LogP contribution is 2.42. The number of nitrogen functional groups attached to an aromatic ring is 2. The van der Waals surface area contributed by atoms with E-state index in [1.807, 2.05) is 47.2 Å². The van der Waals surface area contributed by atoms with Crippen molar-refractivity contribution >= 4 is 50.3 Å². The minimum absolute atomic E-state index is 0.137. The number of nitriles is 1. The van der Waals surface area contributed by atoms with Crippen LogP contribution in [0.1, 0.15) is 20.8 Å². The van der Waals surface area contributed by atoms with Gasteiger partial charge in [0.25, 0.3) is 5.91 Å². The Labute approximate surface area is 175 Å². The van der Waals surface area contributed by atoms with Gasteiger partial charge in [-0.25, -0.2) is 4.98 Å². The molecular weight excluding hydrogens is 402 g/mol. The van der Waals surface area contributed by atoms with Crippen LogP contribution in [0.15, 0.2) is 47.2 Å². The van der Waals surface area contributed by atoms with Crippen LogP contribution in [0, 0.1) is 11.3 Å². The number of pyridine rings is 1. The lowest BCUT2D eigenvalue weighted by molar-refractivity contribution is 0.0959. The van der Waals surface area contributed by atoms with Crippen molar-refractivity contribution in [1.29, 1.82) is 5.26 Å². The van der Waals surface area contributed by atoms with Gasteiger partial charge in [0.1, 0.15) is 27.2 Å². The largest absolute Gasteiger partial charge is 0.397 e. The van der Waals surface area contributed by atoms with Gasteiger partial charge in [-0.3, -0.25) is 4.79 Å². The minimum Gasteiger partial charge on any atom is -0.397 e. The van der Waals surface area contributed by atoms with Crippen LogP contribution in [0.5, 0.6) is 0 Å². The predicted octanol–water partition coefficient (Wildman–Crippen LogP) is 4.03. The molecule has 0 aliphatic heterocycles. The van der Waals surface area contributed by atoms with Gasteiger partial charge in [-0.1, -0.05) is 30.3 Å². The van der Waals surface area contributed by atoms with E-state index in [1.165, 1.54) is 22.7 Å². The van der Waals surface area contributed by atoms with Crippen molar-refractivity contribution in [1.82, 2.24) is 10.3 Å². The van der Waals surface area contributed by atoms with Crippen molar-refractivity contribution < 1.29 is 4.79 Å². The highest BCUT2D eigenvalue weighted by atomic mass is 32.1. The van der Waals surface area contributed by atoms with E-state index in [0.29, 0.717) is 32.9 Å². The summed E-state index contributed by atoms with van der Waals surface area (Å²) in [6.45, 7) is 0.493. The normalized spacial score (nSPS) is 10.7. The number of fused-ring (bicyclic) bond motifs is 1. The third-order valence-electron chi connectivity index (χ3n) is 4.57. The van der Waals surface area contributed by atoms with Crippen LogP contribution in [0.4, 0.5) is 11.5 Å². The molecule has 5 N–H and O–H groups in total. The van der Waals surface area contributed by atoms with Gasteiger partial charge in [0.2, 0.25) is 0 Å². The topological polar surface area (TPSA) is 118 Å². The fourth-order valence-electron chi connectivity index (χ4n) is 3.19. The predicted molar refractivity (Wildman–Crippen MR) is 119 cm³/mol. The highest BCUT2D eigenvalue weighted by Gasteiger charge is 2.24. The second kappa shape index (κ2) is 7.91. The molecule has 0 bridgehead atoms. The zero-order chi connectivity index (χ0) is 20.4. The van der Waals surface area contributed by atoms with E-state index >= 15 is 0 Å². The van der Waals surface area contributed by atoms with Crippen LogP contribution >= 0.6 is 22.7 Å². The second-order valence-electron chi connectivity index (χ2n) is 6.39. The molecule has 1 amide bonds. The molecular formula is C21H17N5OS2. The fourth-order valence-corrected chi connectivity index (χ4v) is 4.87. The summed E-state index contributed by atoms with van der Waals surface area (Å²) in [6, 6.07) is 14.0. The van der Waals surface area contributed by atoms with E-state index in [0.717, 1.165) is 17.5 Å². The third-order valence-corrected chi connectivity index (χ3v) is 6.36. The first-order valence-electron chi connectivity index (χ1n) is 8.86. The summed E-state index contributed by atoms with van der Waals surface area (Å²) in [7, 11) is 0. The lowest BCUT2D eigenvalue weighted by atomic mass is 9.99. The van der Waals surface area contributed by atoms with E-state index in [4.69, 9.17) is 11.5 Å². The summed E-state index contributed by atoms with van der Waals surface area (Å²) in [5.74, 6) is -0.117. The van der Waals surface area contributed by atoms with E-state index in [9.17, 15) is 10.1 Å². The van der Waals surface area contributed by atoms with Crippen molar-refractivity contribution in [3.05, 3.63) is 63.2 Å². The zero-order valence-corrected chi connectivity index (χ0v) is 16.9. The molecule has 1 aromatic carbocycles. The van der Waals surface area contributed by atoms with Crippen LogP contribution in [0.2, 0.25) is 0 Å². The molecule has 0 fully saturated rings. The molecule has 29 heavy (non-hydrogen) atoms. The number of amides is 1. The number of nitrogens with two attached hydrogens (primary N) is 2. The smallest absolute Gasteiger partial charge is 0.263 e. The van der Waals surface area contributed by atoms with Gasteiger partial charge in [-0.2, -0.15) is 16.6 Å². The van der Waals surface area contributed by atoms with Crippen molar-refractivity contribution in [2.45, 2.75) is 6.42 Å². The maximum absolute atomic E-state index is 12.8. The Balaban J connectivity index is 1.70. The number of thiophene rings is 2. The van der Waals surface area contributed by atoms with E-state index < -0.39 is 0 Å². The van der Waals surface area contributed by atoms with Crippen LogP contribution in [0.3, 0.4) is 0 Å². The molecule has 6 nitrogen and oxygen atoms in total. The van der Waals surface area contributed by atoms with Gasteiger partial charge >= 0.3 is 0 Å². The van der Waals surface area contributed by atoms with Crippen LogP contribution in [0.25, 0.3) is 21.3 Å². The molecule has 0 saturated heterocycles. The van der Waals surface area contributed by atoms with E-state index in [-0.39, 0.29) is 17.3 Å². The standard InChI is InChI=1S/C21H17N5OS2/c22-10-14-15(13-7-9-28-11-13)16-17(23)18(29-21(16)26-19(14)24)20(27)25-8-6-12-4-2-1-3-5-12/h1-5,7,9,11H,6,8,23H2,(H2,24,26)(H,25,27). The Hall–Kier alpha value is -3.41. The summed E-state index contributed by atoms with van der Waals surface area (Å²) < 4.78 is 0. The molecule has 144 valence electrons. The van der Waals surface area contributed by atoms with Crippen LogP contribution in [-0.4, -0.2) is 17.4 Å². The molecule has 0 unspecified atom stereocenters. The number of nitrogens with one attached hydrogen (secondary N) is 1. The maximum Gasteiger partial charge on any atom is 0.263 e. The van der Waals surface area contributed by atoms with Crippen molar-refractivity contribution in [2.24, 2.45) is 0 Å². The Bertz CT molecular complexity index is 1220. The number of aromatic nitrogens is 1. The average Bonchev–Trinajstić information content (AvgIpc) is 3.36. The molecule has 0 aliphatic rings. The first-order chi connectivity index (χ1) is 14.1. The van der Waals surface area contributed by atoms with Gasteiger partial charge in [0.05, 0.1) is 5.69 Å². The summed E-state index contributed by atoms with van der Waals surface area (Å²) in [5.41, 5.74) is 15.6. The van der Waals surface area contributed by atoms with Gasteiger partial charge in [0.15, 0.2) is 0 Å². The number of nitrogens with zero attached hydrogens (tertiary/aromatic N) is 2. The number of hydrogen-bond donors (Lipinski definition) is 3. The summed E-state index contributed by atoms with van der Waals surface area (Å²) >= 11 is 2.70. The molecule has 3 heterocycles. The summed E-state index contributed by atoms with van der Waals surface area (Å²) in [4.78, 5) is 18.0. The summed E-state index contributed by atoms with van der Waals surface area (Å²) in [6.07, 6.45) is 0.724. The van der Waals surface area contributed by atoms with Crippen molar-refractivity contribution in [3.8, 4) is 17.2 Å². The molecule has 0 aliphatic carbocycles. The molecule has 0 atom stereocenters. The molecule has 8 heteroatoms. The lowest BCUT2D eigenvalue weighted by Gasteiger charge is -2.08. The van der Waals surface area contributed by atoms with Gasteiger partial charge in [-0.05, 0) is 34.4 Å². The SMILES string of the molecule is N#Cc1c(N)nc2sc(C(=O)NCCc3ccccc3)c(N)c2c1-c1ccsc1. The number of carbonyl (C=O) groups excluding carboxylic acids is 1. The van der Waals surface area contributed by atoms with Crippen LogP contribution < -0.4 is 16.8 Å². The summed E-state index contributed by atoms with van der Waals surface area (Å²) in [5, 5.41) is 17.0. The molecule has 4 aromatic rings. The molecule has 3 aromatic heterocycles. The van der Waals surface area contributed by atoms with Crippen molar-refractivity contribution in [2.75, 3.05) is 18.0 Å². The monoisotopic (exact) mass is 419 g/mol. The molecule has 0 radical (unpaired) electrons. The number of carbonyl (C=O) groups is 1. The minimum atomic E-state index is -0.255. The highest BCUT2D eigenvalue weighted by molar-refractivity contribution is 7.21. The number of hydrogen-bond acceptors (Lipinski definition) is 7. The zero-order valence-electron chi connectivity index (χ0n) is 15.3. The van der Waals surface area contributed by atoms with Gasteiger partial charge < -0.3 is 16.8 Å². The third kappa shape index (κ3) is 3.53. The van der Waals surface area contributed by atoms with E-state index in [2.05, 4.69) is 16.4 Å². The molecule has 0 spiro atoms. The number of anilines is 2. The van der Waals surface area contributed by atoms with Gasteiger partial charge in [-0.15, -0.1) is 11.3 Å². The Kier molecular flexibility index (Phi) is 5.16. The lowest BCUT2D eigenvalue weighted by Crippen LogP contribution is -2.25. The molecule has 4 rings (SSSR count). The average molecular weight is 420 g/mol. The van der Waals surface area contributed by atoms with Crippen LogP contribution in [-0.2, 0) is 6.42 Å². The molecule has 0 saturated carbocycles. The first-order valence-corrected chi connectivity index (χ1v) is 10.6. The quantitative estimate of drug-likeness (QED) is 0.451. The Morgan fingerprint density at radius 3 is 2.69 bits per heavy atom. The number of benzene rings is 1. The van der Waals surface area contributed by atoms with Crippen molar-refractivity contribution in [3.63, 3.8) is 0 Å². The van der Waals surface area contributed by atoms with E-state index in [1.54, 1.807) is 0 Å². The first kappa shape index (κ1) is 18.9.